The van der Waals surface area contributed by atoms with Gasteiger partial charge in [0, 0.05) is 30.2 Å². The van der Waals surface area contributed by atoms with Crippen molar-refractivity contribution < 1.29 is 23.5 Å². The van der Waals surface area contributed by atoms with Gasteiger partial charge in [-0.1, -0.05) is 25.4 Å². The number of nitrogens with one attached hydrogen (secondary N) is 2. The number of likely N-dealkylation sites (tertiary alicyclic amines) is 1. The molecule has 0 saturated carbocycles. The summed E-state index contributed by atoms with van der Waals surface area (Å²) in [5, 5.41) is 5.95. The average molecular weight is 572 g/mol. The highest BCUT2D eigenvalue weighted by molar-refractivity contribution is 6.30. The first-order valence-corrected chi connectivity index (χ1v) is 13.7. The number of piperidine rings is 1. The maximum Gasteiger partial charge on any atom is 0.408 e. The fourth-order valence-corrected chi connectivity index (χ4v) is 5.24. The summed E-state index contributed by atoms with van der Waals surface area (Å²) in [5.41, 5.74) is 1.06. The van der Waals surface area contributed by atoms with Crippen LogP contribution in [0.4, 0.5) is 9.18 Å². The smallest absolute Gasteiger partial charge is 0.408 e. The van der Waals surface area contributed by atoms with Gasteiger partial charge in [-0.2, -0.15) is 0 Å². The third-order valence-electron chi connectivity index (χ3n) is 6.84. The van der Waals surface area contributed by atoms with E-state index in [9.17, 15) is 18.8 Å². The normalized spacial score (nSPS) is 18.4. The maximum atomic E-state index is 14.3. The van der Waals surface area contributed by atoms with Crippen molar-refractivity contribution >= 4 is 35.0 Å². The highest BCUT2D eigenvalue weighted by Gasteiger charge is 2.37. The predicted octanol–water partition coefficient (Wildman–Crippen LogP) is 4.79. The van der Waals surface area contributed by atoms with Crippen molar-refractivity contribution in [3.8, 4) is 0 Å². The molecule has 1 saturated heterocycles. The van der Waals surface area contributed by atoms with Gasteiger partial charge < -0.3 is 24.7 Å². The number of alkyl carbamates (subject to hydrolysis) is 1. The van der Waals surface area contributed by atoms with E-state index in [4.69, 9.17) is 16.3 Å². The Morgan fingerprint density at radius 1 is 1.20 bits per heavy atom. The van der Waals surface area contributed by atoms with E-state index in [0.29, 0.717) is 29.6 Å². The highest BCUT2D eigenvalue weighted by Crippen LogP contribution is 2.32. The minimum atomic E-state index is -0.891. The van der Waals surface area contributed by atoms with Crippen LogP contribution in [0.25, 0.3) is 5.52 Å². The molecule has 1 aliphatic rings. The van der Waals surface area contributed by atoms with Gasteiger partial charge in [-0.05, 0) is 69.0 Å². The molecule has 3 amide bonds. The molecular weight excluding hydrogens is 537 g/mol. The number of amides is 3. The second-order valence-corrected chi connectivity index (χ2v) is 11.9. The third kappa shape index (κ3) is 6.91. The van der Waals surface area contributed by atoms with Crippen LogP contribution in [0.1, 0.15) is 62.9 Å². The molecule has 2 aromatic heterocycles. The van der Waals surface area contributed by atoms with E-state index in [1.165, 1.54) is 12.1 Å². The number of imidazole rings is 1. The van der Waals surface area contributed by atoms with Crippen molar-refractivity contribution in [2.24, 2.45) is 5.92 Å². The van der Waals surface area contributed by atoms with Crippen molar-refractivity contribution in [2.45, 2.75) is 64.6 Å². The SMILES string of the molecule is CC(C)[C@@H](NC(=O)OC(C)(C)C)C(=O)N[C@@H]1CN(C(=O)c2cccn3cncc23)CC[C@H]1c1cc(F)cc(Cl)c1. The van der Waals surface area contributed by atoms with E-state index in [1.54, 1.807) is 60.8 Å². The number of nitrogens with zero attached hydrogens (tertiary/aromatic N) is 3. The Bertz CT molecular complexity index is 1380. The Balaban J connectivity index is 1.60. The Hall–Kier alpha value is -3.66. The van der Waals surface area contributed by atoms with Crippen LogP contribution < -0.4 is 10.6 Å². The number of carbonyl (C=O) groups excluding carboxylic acids is 3. The van der Waals surface area contributed by atoms with Crippen LogP contribution in [0.3, 0.4) is 0 Å². The first-order chi connectivity index (χ1) is 18.8. The number of fused-ring (bicyclic) bond motifs is 1. The molecule has 0 bridgehead atoms. The van der Waals surface area contributed by atoms with Gasteiger partial charge in [-0.25, -0.2) is 14.2 Å². The van der Waals surface area contributed by atoms with Gasteiger partial charge in [0.25, 0.3) is 5.91 Å². The molecule has 2 N–H and O–H groups in total. The van der Waals surface area contributed by atoms with E-state index in [-0.39, 0.29) is 29.3 Å². The third-order valence-corrected chi connectivity index (χ3v) is 7.06. The molecule has 1 aliphatic heterocycles. The van der Waals surface area contributed by atoms with Crippen molar-refractivity contribution in [3.05, 3.63) is 71.0 Å². The summed E-state index contributed by atoms with van der Waals surface area (Å²) in [5.74, 6) is -1.68. The van der Waals surface area contributed by atoms with Crippen molar-refractivity contribution in [3.63, 3.8) is 0 Å². The van der Waals surface area contributed by atoms with E-state index >= 15 is 0 Å². The van der Waals surface area contributed by atoms with Crippen LogP contribution in [0.15, 0.2) is 49.1 Å². The quantitative estimate of drug-likeness (QED) is 0.443. The summed E-state index contributed by atoms with van der Waals surface area (Å²) in [6, 6.07) is 6.36. The molecule has 1 fully saturated rings. The van der Waals surface area contributed by atoms with Gasteiger partial charge in [-0.3, -0.25) is 9.59 Å². The summed E-state index contributed by atoms with van der Waals surface area (Å²) >= 11 is 6.17. The fraction of sp³-hybridized carbons (Fsp3) is 0.448. The number of benzene rings is 1. The van der Waals surface area contributed by atoms with E-state index < -0.39 is 35.5 Å². The van der Waals surface area contributed by atoms with Gasteiger partial charge >= 0.3 is 6.09 Å². The lowest BCUT2D eigenvalue weighted by Gasteiger charge is -2.40. The molecule has 214 valence electrons. The van der Waals surface area contributed by atoms with Crippen LogP contribution >= 0.6 is 11.6 Å². The van der Waals surface area contributed by atoms with Gasteiger partial charge in [0.05, 0.1) is 29.6 Å². The molecule has 0 spiro atoms. The highest BCUT2D eigenvalue weighted by atomic mass is 35.5. The number of carbonyl (C=O) groups is 3. The minimum Gasteiger partial charge on any atom is -0.444 e. The molecule has 0 unspecified atom stereocenters. The van der Waals surface area contributed by atoms with Crippen LogP contribution in [0, 0.1) is 11.7 Å². The number of halogens is 2. The van der Waals surface area contributed by atoms with Crippen molar-refractivity contribution in [1.29, 1.82) is 0 Å². The maximum absolute atomic E-state index is 14.3. The summed E-state index contributed by atoms with van der Waals surface area (Å²) in [4.78, 5) is 45.5. The Morgan fingerprint density at radius 3 is 2.62 bits per heavy atom. The number of hydrogen-bond donors (Lipinski definition) is 2. The van der Waals surface area contributed by atoms with Crippen molar-refractivity contribution in [1.82, 2.24) is 24.9 Å². The molecular formula is C29H35ClFN5O4. The van der Waals surface area contributed by atoms with E-state index in [1.807, 2.05) is 20.0 Å². The Labute approximate surface area is 238 Å². The van der Waals surface area contributed by atoms with Crippen LogP contribution in [-0.4, -0.2) is 63.0 Å². The Morgan fingerprint density at radius 2 is 1.95 bits per heavy atom. The van der Waals surface area contributed by atoms with Gasteiger partial charge in [0.2, 0.25) is 5.91 Å². The molecule has 0 aliphatic carbocycles. The van der Waals surface area contributed by atoms with Gasteiger partial charge in [0.1, 0.15) is 17.5 Å². The number of pyridine rings is 1. The lowest BCUT2D eigenvalue weighted by Crippen LogP contribution is -2.58. The number of rotatable bonds is 6. The topological polar surface area (TPSA) is 105 Å². The zero-order chi connectivity index (χ0) is 29.2. The average Bonchev–Trinajstić information content (AvgIpc) is 3.34. The largest absolute Gasteiger partial charge is 0.444 e. The summed E-state index contributed by atoms with van der Waals surface area (Å²) in [6.07, 6.45) is 4.82. The molecule has 1 aromatic carbocycles. The van der Waals surface area contributed by atoms with Crippen LogP contribution in [0.5, 0.6) is 0 Å². The molecule has 3 atom stereocenters. The van der Waals surface area contributed by atoms with Gasteiger partial charge in [0.15, 0.2) is 0 Å². The summed E-state index contributed by atoms with van der Waals surface area (Å²) < 4.78 is 21.4. The number of hydrogen-bond acceptors (Lipinski definition) is 5. The number of aromatic nitrogens is 2. The second kappa shape index (κ2) is 11.8. The van der Waals surface area contributed by atoms with E-state index in [0.717, 1.165) is 0 Å². The molecule has 11 heteroatoms. The fourth-order valence-electron chi connectivity index (χ4n) is 5.01. The zero-order valence-corrected chi connectivity index (χ0v) is 24.0. The van der Waals surface area contributed by atoms with Crippen LogP contribution in [-0.2, 0) is 9.53 Å². The first kappa shape index (κ1) is 29.3. The second-order valence-electron chi connectivity index (χ2n) is 11.4. The van der Waals surface area contributed by atoms with E-state index in [2.05, 4.69) is 15.6 Å². The Kier molecular flexibility index (Phi) is 8.68. The molecule has 3 heterocycles. The molecule has 3 aromatic rings. The number of ether oxygens (including phenoxy) is 1. The van der Waals surface area contributed by atoms with Crippen molar-refractivity contribution in [2.75, 3.05) is 13.1 Å². The van der Waals surface area contributed by atoms with Crippen LogP contribution in [0.2, 0.25) is 5.02 Å². The molecule has 4 rings (SSSR count). The molecule has 40 heavy (non-hydrogen) atoms. The zero-order valence-electron chi connectivity index (χ0n) is 23.3. The molecule has 0 radical (unpaired) electrons. The predicted molar refractivity (Wildman–Crippen MR) is 150 cm³/mol. The summed E-state index contributed by atoms with van der Waals surface area (Å²) in [7, 11) is 0. The standard InChI is InChI=1S/C29H35ClFN5O4/c1-17(2)25(34-28(39)40-29(3,4)5)26(37)33-23-15-35(10-8-21(23)18-11-19(30)13-20(31)12-18)27(38)22-7-6-9-36-16-32-14-24(22)36/h6-7,9,11-14,16-17,21,23,25H,8,10,15H2,1-5H3,(H,33,37)(H,34,39)/t21-,23+,25+/m0/s1. The molecule has 9 nitrogen and oxygen atoms in total. The lowest BCUT2D eigenvalue weighted by molar-refractivity contribution is -0.125. The first-order valence-electron chi connectivity index (χ1n) is 13.3. The monoisotopic (exact) mass is 571 g/mol. The summed E-state index contributed by atoms with van der Waals surface area (Å²) in [6.45, 7) is 9.42. The minimum absolute atomic E-state index is 0.176. The van der Waals surface area contributed by atoms with Gasteiger partial charge in [-0.15, -0.1) is 0 Å². The lowest BCUT2D eigenvalue weighted by atomic mass is 9.84.